The lowest BCUT2D eigenvalue weighted by Gasteiger charge is -2.34. The Morgan fingerprint density at radius 1 is 1.15 bits per heavy atom. The van der Waals surface area contributed by atoms with E-state index in [0.717, 1.165) is 23.0 Å². The van der Waals surface area contributed by atoms with Crippen molar-refractivity contribution in [3.05, 3.63) is 47.8 Å². The lowest BCUT2D eigenvalue weighted by atomic mass is 9.87. The Morgan fingerprint density at radius 2 is 1.81 bits per heavy atom. The first-order valence-corrected chi connectivity index (χ1v) is 7.86. The van der Waals surface area contributed by atoms with Gasteiger partial charge in [-0.1, -0.05) is 6.07 Å². The lowest BCUT2D eigenvalue weighted by Crippen LogP contribution is -2.49. The van der Waals surface area contributed by atoms with Crippen LogP contribution in [0.4, 0.5) is 26.3 Å². The van der Waals surface area contributed by atoms with Crippen molar-refractivity contribution in [2.45, 2.75) is 37.8 Å². The minimum Gasteiger partial charge on any atom is -0.383 e. The summed E-state index contributed by atoms with van der Waals surface area (Å²) in [6.45, 7) is 2.06. The average molecular weight is 391 g/mol. The van der Waals surface area contributed by atoms with Crippen LogP contribution in [-0.4, -0.2) is 32.7 Å². The summed E-state index contributed by atoms with van der Waals surface area (Å²) in [7, 11) is 0. The van der Waals surface area contributed by atoms with Gasteiger partial charge in [0.25, 0.3) is 0 Å². The predicted octanol–water partition coefficient (Wildman–Crippen LogP) is 4.08. The number of nitrogens with zero attached hydrogens (tertiary/aromatic N) is 2. The van der Waals surface area contributed by atoms with Gasteiger partial charge in [-0.3, -0.25) is 0 Å². The zero-order valence-corrected chi connectivity index (χ0v) is 14.2. The Morgan fingerprint density at radius 3 is 2.41 bits per heavy atom. The van der Waals surface area contributed by atoms with Crippen molar-refractivity contribution < 1.29 is 31.4 Å². The van der Waals surface area contributed by atoms with E-state index in [-0.39, 0.29) is 22.2 Å². The molecule has 1 aliphatic rings. The average Bonchev–Trinajstić information content (AvgIpc) is 2.97. The fourth-order valence-electron chi connectivity index (χ4n) is 2.98. The van der Waals surface area contributed by atoms with E-state index in [1.54, 1.807) is 0 Å². The number of halogens is 6. The summed E-state index contributed by atoms with van der Waals surface area (Å²) in [5.74, 6) is 0. The van der Waals surface area contributed by atoms with Gasteiger partial charge in [-0.15, -0.1) is 0 Å². The van der Waals surface area contributed by atoms with Crippen LogP contribution >= 0.6 is 0 Å². The molecule has 1 aliphatic heterocycles. The van der Waals surface area contributed by atoms with Crippen LogP contribution in [0.5, 0.6) is 0 Å². The summed E-state index contributed by atoms with van der Waals surface area (Å²) in [6.07, 6.45) is -6.09. The molecule has 0 radical (unpaired) electrons. The van der Waals surface area contributed by atoms with Gasteiger partial charge in [0.1, 0.15) is 0 Å². The third-order valence-electron chi connectivity index (χ3n) is 4.53. The molecule has 0 saturated heterocycles. The Balaban J connectivity index is 2.13. The molecule has 0 amide bonds. The van der Waals surface area contributed by atoms with E-state index in [0.29, 0.717) is 6.92 Å². The van der Waals surface area contributed by atoms with Crippen molar-refractivity contribution in [2.24, 2.45) is 0 Å². The van der Waals surface area contributed by atoms with E-state index in [1.165, 1.54) is 25.3 Å². The summed E-state index contributed by atoms with van der Waals surface area (Å²) in [5, 5.41) is 16.4. The number of rotatable bonds is 2. The largest absolute Gasteiger partial charge is 0.420 e. The molecule has 1 aromatic heterocycles. The lowest BCUT2D eigenvalue weighted by molar-refractivity contribution is -0.238. The molecule has 4 nitrogen and oxygen atoms in total. The number of dihydropyridines is 1. The highest BCUT2D eigenvalue weighted by atomic mass is 19.4. The first-order chi connectivity index (χ1) is 12.3. The number of allylic oxidation sites excluding steroid dienone is 2. The fraction of sp³-hybridized carbons (Fsp3) is 0.353. The van der Waals surface area contributed by atoms with Gasteiger partial charge >= 0.3 is 12.4 Å². The van der Waals surface area contributed by atoms with Gasteiger partial charge in [0, 0.05) is 17.6 Å². The first kappa shape index (κ1) is 19.3. The maximum Gasteiger partial charge on any atom is 0.420 e. The first-order valence-electron chi connectivity index (χ1n) is 7.86. The molecule has 1 aromatic carbocycles. The van der Waals surface area contributed by atoms with E-state index in [9.17, 15) is 31.4 Å². The van der Waals surface area contributed by atoms with E-state index in [2.05, 4.69) is 10.4 Å². The number of fused-ring (bicyclic) bond motifs is 1. The smallest absolute Gasteiger partial charge is 0.383 e. The molecule has 10 heteroatoms. The summed E-state index contributed by atoms with van der Waals surface area (Å²) < 4.78 is 80.1. The van der Waals surface area contributed by atoms with Crippen LogP contribution in [0.1, 0.15) is 19.4 Å². The van der Waals surface area contributed by atoms with E-state index < -0.39 is 29.6 Å². The second-order valence-corrected chi connectivity index (χ2v) is 6.42. The van der Waals surface area contributed by atoms with Crippen LogP contribution in [0.2, 0.25) is 0 Å². The van der Waals surface area contributed by atoms with Gasteiger partial charge in [0.2, 0.25) is 0 Å². The molecule has 27 heavy (non-hydrogen) atoms. The van der Waals surface area contributed by atoms with Crippen molar-refractivity contribution in [1.29, 1.82) is 0 Å². The number of alkyl halides is 6. The number of hydrogen-bond donors (Lipinski definition) is 2. The molecule has 0 aliphatic carbocycles. The molecular weight excluding hydrogens is 376 g/mol. The maximum atomic E-state index is 13.2. The topological polar surface area (TPSA) is 50.1 Å². The van der Waals surface area contributed by atoms with Gasteiger partial charge in [-0.05, 0) is 37.6 Å². The molecule has 0 bridgehead atoms. The number of aromatic nitrogens is 2. The molecule has 2 atom stereocenters. The monoisotopic (exact) mass is 391 g/mol. The molecule has 146 valence electrons. The highest BCUT2D eigenvalue weighted by Gasteiger charge is 2.53. The Bertz CT molecular complexity index is 936. The molecular formula is C17H15F6N3O. The minimum atomic E-state index is -4.92. The number of nitrogens with one attached hydrogen (secondary N) is 1. The summed E-state index contributed by atoms with van der Waals surface area (Å²) in [4.78, 5) is 0. The normalized spacial score (nSPS) is 20.7. The zero-order valence-electron chi connectivity index (χ0n) is 14.2. The molecule has 0 spiro atoms. The van der Waals surface area contributed by atoms with E-state index in [4.69, 9.17) is 0 Å². The van der Waals surface area contributed by atoms with E-state index >= 15 is 0 Å². The molecule has 0 fully saturated rings. The molecule has 0 unspecified atom stereocenters. The van der Waals surface area contributed by atoms with Crippen LogP contribution in [-0.2, 0) is 6.18 Å². The van der Waals surface area contributed by atoms with Crippen LogP contribution in [0.25, 0.3) is 16.6 Å². The second-order valence-electron chi connectivity index (χ2n) is 6.42. The SMILES string of the molecule is C[C@H]1NC=C(n2ncc3c(C(F)(F)F)cccc32)C=C1[C@](C)(O)C(F)(F)F. The standard InChI is InChI=1S/C17H15F6N3O/c1-9-13(15(2,27)17(21,22)23)6-10(7-24-9)26-14-5-3-4-12(16(18,19)20)11(14)8-25-26/h3-9,24,27H,1-2H3/t9-,15+/m1/s1. The van der Waals surface area contributed by atoms with Crippen molar-refractivity contribution in [3.8, 4) is 0 Å². The van der Waals surface area contributed by atoms with Gasteiger partial charge in [0.05, 0.1) is 23.0 Å². The summed E-state index contributed by atoms with van der Waals surface area (Å²) >= 11 is 0. The van der Waals surface area contributed by atoms with Crippen LogP contribution in [0, 0.1) is 0 Å². The third kappa shape index (κ3) is 3.18. The second kappa shape index (κ2) is 6.01. The van der Waals surface area contributed by atoms with Crippen LogP contribution in [0.3, 0.4) is 0 Å². The summed E-state index contributed by atoms with van der Waals surface area (Å²) in [5.41, 5.74) is -4.23. The Kier molecular flexibility index (Phi) is 4.29. The third-order valence-corrected chi connectivity index (χ3v) is 4.53. The zero-order chi connectivity index (χ0) is 20.2. The summed E-state index contributed by atoms with van der Waals surface area (Å²) in [6, 6.07) is 2.64. The van der Waals surface area contributed by atoms with Crippen LogP contribution < -0.4 is 5.32 Å². The highest BCUT2D eigenvalue weighted by molar-refractivity contribution is 5.86. The minimum absolute atomic E-state index is 0.0712. The number of aliphatic hydroxyl groups is 1. The van der Waals surface area contributed by atoms with Crippen molar-refractivity contribution >= 4 is 16.6 Å². The fourth-order valence-corrected chi connectivity index (χ4v) is 2.98. The van der Waals surface area contributed by atoms with Crippen molar-refractivity contribution in [2.75, 3.05) is 0 Å². The van der Waals surface area contributed by atoms with Crippen LogP contribution in [0.15, 0.2) is 42.2 Å². The molecule has 2 aromatic rings. The van der Waals surface area contributed by atoms with Gasteiger partial charge in [0.15, 0.2) is 5.60 Å². The molecule has 0 saturated carbocycles. The molecule has 3 rings (SSSR count). The van der Waals surface area contributed by atoms with Crippen molar-refractivity contribution in [3.63, 3.8) is 0 Å². The number of hydrogen-bond acceptors (Lipinski definition) is 3. The molecule has 2 heterocycles. The predicted molar refractivity (Wildman–Crippen MR) is 86.4 cm³/mol. The Hall–Kier alpha value is -2.49. The molecule has 2 N–H and O–H groups in total. The quantitative estimate of drug-likeness (QED) is 0.759. The van der Waals surface area contributed by atoms with Crippen molar-refractivity contribution in [1.82, 2.24) is 15.1 Å². The maximum absolute atomic E-state index is 13.2. The highest BCUT2D eigenvalue weighted by Crippen LogP contribution is 2.40. The number of benzene rings is 1. The van der Waals surface area contributed by atoms with Gasteiger partial charge in [-0.25, -0.2) is 4.68 Å². The Labute approximate surface area is 149 Å². The van der Waals surface area contributed by atoms with Gasteiger partial charge < -0.3 is 10.4 Å². The van der Waals surface area contributed by atoms with E-state index in [1.807, 2.05) is 0 Å². The van der Waals surface area contributed by atoms with Gasteiger partial charge in [-0.2, -0.15) is 31.4 Å².